The smallest absolute Gasteiger partial charge is 0.394 e. The molecule has 5 nitrogen and oxygen atoms in total. The maximum absolute atomic E-state index is 13.1. The third-order valence-electron chi connectivity index (χ3n) is 3.93. The number of nitrogens with zero attached hydrogens (tertiary/aromatic N) is 2. The third kappa shape index (κ3) is 5.59. The summed E-state index contributed by atoms with van der Waals surface area (Å²) in [6, 6.07) is 8.09. The first-order chi connectivity index (χ1) is 12.2. The molecule has 2 rings (SSSR count). The van der Waals surface area contributed by atoms with E-state index in [1.54, 1.807) is 0 Å². The number of hydrogen-bond donors (Lipinski definition) is 3. The lowest BCUT2D eigenvalue weighted by Crippen LogP contribution is -2.30. The van der Waals surface area contributed by atoms with E-state index in [0.29, 0.717) is 6.54 Å². The number of halogens is 3. The van der Waals surface area contributed by atoms with Crippen LogP contribution in [0.4, 0.5) is 24.9 Å². The molecule has 1 atom stereocenters. The van der Waals surface area contributed by atoms with Crippen molar-refractivity contribution in [3.8, 4) is 0 Å². The highest BCUT2D eigenvalue weighted by Crippen LogP contribution is 2.30. The number of benzene rings is 1. The Kier molecular flexibility index (Phi) is 6.42. The number of rotatable bonds is 7. The molecule has 0 unspecified atom stereocenters. The first-order valence-corrected chi connectivity index (χ1v) is 8.32. The van der Waals surface area contributed by atoms with Crippen molar-refractivity contribution in [3.63, 3.8) is 0 Å². The van der Waals surface area contributed by atoms with Gasteiger partial charge >= 0.3 is 6.18 Å². The van der Waals surface area contributed by atoms with E-state index in [2.05, 4.69) is 20.6 Å². The number of aromatic nitrogens is 2. The average Bonchev–Trinajstić information content (AvgIpc) is 2.58. The second-order valence-corrected chi connectivity index (χ2v) is 6.48. The van der Waals surface area contributed by atoms with Gasteiger partial charge in [0.1, 0.15) is 5.82 Å². The van der Waals surface area contributed by atoms with Crippen LogP contribution in [0.15, 0.2) is 30.3 Å². The molecule has 0 fully saturated rings. The minimum atomic E-state index is -4.59. The lowest BCUT2D eigenvalue weighted by molar-refractivity contribution is -0.141. The van der Waals surface area contributed by atoms with Crippen molar-refractivity contribution in [2.45, 2.75) is 39.5 Å². The van der Waals surface area contributed by atoms with E-state index in [1.807, 2.05) is 45.0 Å². The molecule has 26 heavy (non-hydrogen) atoms. The van der Waals surface area contributed by atoms with Crippen LogP contribution < -0.4 is 10.6 Å². The fourth-order valence-electron chi connectivity index (χ4n) is 2.24. The number of aliphatic hydroxyl groups excluding tert-OH is 1. The highest BCUT2D eigenvalue weighted by Gasteiger charge is 2.34. The molecule has 1 aromatic carbocycles. The van der Waals surface area contributed by atoms with Gasteiger partial charge in [-0.25, -0.2) is 4.98 Å². The molecule has 142 valence electrons. The van der Waals surface area contributed by atoms with E-state index < -0.39 is 17.9 Å². The molecule has 0 aliphatic heterocycles. The van der Waals surface area contributed by atoms with Crippen molar-refractivity contribution >= 4 is 11.8 Å². The van der Waals surface area contributed by atoms with Crippen molar-refractivity contribution in [3.05, 3.63) is 47.2 Å². The lowest BCUT2D eigenvalue weighted by Gasteiger charge is -2.21. The molecule has 1 heterocycles. The van der Waals surface area contributed by atoms with Crippen molar-refractivity contribution in [1.29, 1.82) is 0 Å². The summed E-state index contributed by atoms with van der Waals surface area (Å²) in [5, 5.41) is 15.0. The van der Waals surface area contributed by atoms with Gasteiger partial charge in [0.2, 0.25) is 5.95 Å². The fraction of sp³-hybridized carbons (Fsp3) is 0.444. The topological polar surface area (TPSA) is 70.1 Å². The van der Waals surface area contributed by atoms with E-state index >= 15 is 0 Å². The van der Waals surface area contributed by atoms with Crippen LogP contribution in [0, 0.1) is 12.8 Å². The Morgan fingerprint density at radius 2 is 1.77 bits per heavy atom. The number of hydrogen-bond acceptors (Lipinski definition) is 5. The second-order valence-electron chi connectivity index (χ2n) is 6.48. The van der Waals surface area contributed by atoms with Gasteiger partial charge in [-0.1, -0.05) is 43.7 Å². The largest absolute Gasteiger partial charge is 0.433 e. The monoisotopic (exact) mass is 368 g/mol. The summed E-state index contributed by atoms with van der Waals surface area (Å²) < 4.78 is 39.4. The number of aliphatic hydroxyl groups is 1. The van der Waals surface area contributed by atoms with Gasteiger partial charge in [0.15, 0.2) is 5.69 Å². The minimum Gasteiger partial charge on any atom is -0.394 e. The highest BCUT2D eigenvalue weighted by molar-refractivity contribution is 5.44. The van der Waals surface area contributed by atoms with Gasteiger partial charge in [0, 0.05) is 12.6 Å². The molecule has 2 aromatic rings. The molecule has 0 bridgehead atoms. The molecule has 1 aromatic heterocycles. The second kappa shape index (κ2) is 8.35. The summed E-state index contributed by atoms with van der Waals surface area (Å²) in [7, 11) is 0. The Hall–Kier alpha value is -2.35. The van der Waals surface area contributed by atoms with E-state index in [1.165, 1.54) is 0 Å². The van der Waals surface area contributed by atoms with Gasteiger partial charge in [0.05, 0.1) is 12.6 Å². The molecule has 0 saturated heterocycles. The standard InChI is InChI=1S/C18H23F3N4O/c1-11(2)14(10-26)23-17-24-15(18(19,20)21)8-16(25-17)22-9-13-6-4-12(3)5-7-13/h4-8,11,14,26H,9-10H2,1-3H3,(H2,22,23,24,25)/t14-/m1/s1. The first kappa shape index (κ1) is 20.0. The summed E-state index contributed by atoms with van der Waals surface area (Å²) in [4.78, 5) is 7.65. The number of nitrogens with one attached hydrogen (secondary N) is 2. The van der Waals surface area contributed by atoms with Crippen LogP contribution in [-0.2, 0) is 12.7 Å². The van der Waals surface area contributed by atoms with Crippen LogP contribution >= 0.6 is 0 Å². The molecule has 0 aliphatic carbocycles. The van der Waals surface area contributed by atoms with Gasteiger partial charge in [0.25, 0.3) is 0 Å². The Labute approximate surface area is 150 Å². The summed E-state index contributed by atoms with van der Waals surface area (Å²) in [5.74, 6) is -0.100. The van der Waals surface area contributed by atoms with Crippen LogP contribution in [0.2, 0.25) is 0 Å². The summed E-state index contributed by atoms with van der Waals surface area (Å²) in [5.41, 5.74) is 0.986. The van der Waals surface area contributed by atoms with E-state index in [0.717, 1.165) is 17.2 Å². The van der Waals surface area contributed by atoms with E-state index in [4.69, 9.17) is 0 Å². The van der Waals surface area contributed by atoms with Crippen molar-refractivity contribution in [2.75, 3.05) is 17.2 Å². The van der Waals surface area contributed by atoms with Crippen LogP contribution in [0.3, 0.4) is 0 Å². The minimum absolute atomic E-state index is 0.00195. The average molecular weight is 368 g/mol. The molecular formula is C18H23F3N4O. The lowest BCUT2D eigenvalue weighted by atomic mass is 10.1. The predicted octanol–water partition coefficient (Wildman–Crippen LogP) is 3.84. The van der Waals surface area contributed by atoms with Crippen molar-refractivity contribution in [2.24, 2.45) is 5.92 Å². The summed E-state index contributed by atoms with van der Waals surface area (Å²) >= 11 is 0. The predicted molar refractivity (Wildman–Crippen MR) is 94.9 cm³/mol. The highest BCUT2D eigenvalue weighted by atomic mass is 19.4. The van der Waals surface area contributed by atoms with Gasteiger partial charge < -0.3 is 15.7 Å². The molecule has 3 N–H and O–H groups in total. The molecule has 0 aliphatic rings. The van der Waals surface area contributed by atoms with Crippen LogP contribution in [0.25, 0.3) is 0 Å². The number of anilines is 2. The Morgan fingerprint density at radius 3 is 2.31 bits per heavy atom. The fourth-order valence-corrected chi connectivity index (χ4v) is 2.24. The van der Waals surface area contributed by atoms with Crippen LogP contribution in [-0.4, -0.2) is 27.7 Å². The maximum atomic E-state index is 13.1. The van der Waals surface area contributed by atoms with Crippen molar-refractivity contribution in [1.82, 2.24) is 9.97 Å². The molecule has 0 amide bonds. The molecule has 8 heteroatoms. The van der Waals surface area contributed by atoms with Gasteiger partial charge in [-0.15, -0.1) is 0 Å². The molecule has 0 radical (unpaired) electrons. The van der Waals surface area contributed by atoms with Crippen LogP contribution in [0.1, 0.15) is 30.7 Å². The summed E-state index contributed by atoms with van der Waals surface area (Å²) in [6.07, 6.45) is -4.59. The quantitative estimate of drug-likeness (QED) is 0.693. The maximum Gasteiger partial charge on any atom is 0.433 e. The van der Waals surface area contributed by atoms with Gasteiger partial charge in [-0.3, -0.25) is 0 Å². The number of alkyl halides is 3. The molecular weight excluding hydrogens is 345 g/mol. The summed E-state index contributed by atoms with van der Waals surface area (Å²) in [6.45, 7) is 5.75. The third-order valence-corrected chi connectivity index (χ3v) is 3.93. The van der Waals surface area contributed by atoms with Gasteiger partial charge in [-0.2, -0.15) is 18.2 Å². The zero-order valence-electron chi connectivity index (χ0n) is 14.9. The SMILES string of the molecule is Cc1ccc(CNc2cc(C(F)(F)F)nc(N[C@H](CO)C(C)C)n2)cc1. The van der Waals surface area contributed by atoms with E-state index in [9.17, 15) is 18.3 Å². The van der Waals surface area contributed by atoms with E-state index in [-0.39, 0.29) is 24.3 Å². The zero-order valence-corrected chi connectivity index (χ0v) is 14.9. The first-order valence-electron chi connectivity index (χ1n) is 8.32. The Bertz CT molecular complexity index is 717. The van der Waals surface area contributed by atoms with Gasteiger partial charge in [-0.05, 0) is 18.4 Å². The Balaban J connectivity index is 2.23. The number of aryl methyl sites for hydroxylation is 1. The zero-order chi connectivity index (χ0) is 19.3. The molecule has 0 spiro atoms. The van der Waals surface area contributed by atoms with Crippen molar-refractivity contribution < 1.29 is 18.3 Å². The molecule has 0 saturated carbocycles. The van der Waals surface area contributed by atoms with Crippen LogP contribution in [0.5, 0.6) is 0 Å². The normalized spacial score (nSPS) is 12.9. The Morgan fingerprint density at radius 1 is 1.12 bits per heavy atom.